The van der Waals surface area contributed by atoms with E-state index in [9.17, 15) is 14.7 Å². The lowest BCUT2D eigenvalue weighted by molar-refractivity contribution is -0.117. The molecule has 0 aliphatic carbocycles. The molecule has 0 aliphatic rings. The minimum absolute atomic E-state index is 0.118. The molecule has 0 spiro atoms. The van der Waals surface area contributed by atoms with Crippen LogP contribution in [0.2, 0.25) is 5.02 Å². The van der Waals surface area contributed by atoms with Gasteiger partial charge in [-0.2, -0.15) is 0 Å². The van der Waals surface area contributed by atoms with Crippen molar-refractivity contribution in [2.24, 2.45) is 10.2 Å². The van der Waals surface area contributed by atoms with Gasteiger partial charge in [0.15, 0.2) is 5.69 Å². The number of halogens is 1. The van der Waals surface area contributed by atoms with Gasteiger partial charge in [-0.1, -0.05) is 11.6 Å². The molecule has 3 N–H and O–H groups in total. The van der Waals surface area contributed by atoms with E-state index < -0.39 is 5.91 Å². The summed E-state index contributed by atoms with van der Waals surface area (Å²) in [6.07, 6.45) is -0.214. The minimum atomic E-state index is -0.608. The average molecular weight is 416 g/mol. The van der Waals surface area contributed by atoms with Crippen LogP contribution >= 0.6 is 22.9 Å². The van der Waals surface area contributed by atoms with Gasteiger partial charge in [0.1, 0.15) is 10.7 Å². The molecule has 0 radical (unpaired) electrons. The predicted molar refractivity (Wildman–Crippen MR) is 108 cm³/mol. The molecule has 3 aromatic heterocycles. The van der Waals surface area contributed by atoms with Gasteiger partial charge in [0.2, 0.25) is 5.88 Å². The number of carbonyl (C=O) groups is 1. The van der Waals surface area contributed by atoms with Gasteiger partial charge in [-0.25, -0.2) is 4.98 Å². The van der Waals surface area contributed by atoms with E-state index in [1.54, 1.807) is 18.2 Å². The van der Waals surface area contributed by atoms with Gasteiger partial charge in [-0.15, -0.1) is 21.6 Å². The van der Waals surface area contributed by atoms with Gasteiger partial charge < -0.3 is 15.1 Å². The number of hydrogen-bond donors (Lipinski definition) is 3. The van der Waals surface area contributed by atoms with Gasteiger partial charge in [0.25, 0.3) is 11.5 Å². The summed E-state index contributed by atoms with van der Waals surface area (Å²) >= 11 is 7.37. The number of aromatic hydroxyl groups is 1. The number of nitrogens with one attached hydrogen (secondary N) is 2. The first kappa shape index (κ1) is 18.3. The molecule has 3 heterocycles. The molecule has 8 nitrogen and oxygen atoms in total. The van der Waals surface area contributed by atoms with E-state index in [0.717, 1.165) is 10.4 Å². The fourth-order valence-electron chi connectivity index (χ4n) is 2.90. The normalized spacial score (nSPS) is 11.8. The summed E-state index contributed by atoms with van der Waals surface area (Å²) in [4.78, 5) is 35.8. The summed E-state index contributed by atoms with van der Waals surface area (Å²) in [7, 11) is 0. The van der Waals surface area contributed by atoms with Crippen LogP contribution in [0.1, 0.15) is 16.3 Å². The predicted octanol–water partition coefficient (Wildman–Crippen LogP) is 4.29. The largest absolute Gasteiger partial charge is 0.493 e. The van der Waals surface area contributed by atoms with Crippen LogP contribution in [0.15, 0.2) is 33.2 Å². The summed E-state index contributed by atoms with van der Waals surface area (Å²) in [5.41, 5.74) is 1.34. The maximum Gasteiger partial charge on any atom is 0.272 e. The zero-order valence-corrected chi connectivity index (χ0v) is 16.4. The number of azo groups is 1. The lowest BCUT2D eigenvalue weighted by atomic mass is 10.2. The van der Waals surface area contributed by atoms with Crippen molar-refractivity contribution in [2.75, 3.05) is 0 Å². The highest BCUT2D eigenvalue weighted by Crippen LogP contribution is 2.36. The molecule has 1 amide bonds. The van der Waals surface area contributed by atoms with Crippen molar-refractivity contribution < 1.29 is 9.90 Å². The molecule has 0 aliphatic heterocycles. The van der Waals surface area contributed by atoms with Crippen molar-refractivity contribution in [2.45, 2.75) is 20.3 Å². The van der Waals surface area contributed by atoms with E-state index in [-0.39, 0.29) is 29.4 Å². The van der Waals surface area contributed by atoms with Gasteiger partial charge in [-0.05, 0) is 37.6 Å². The average Bonchev–Trinajstić information content (AvgIpc) is 3.08. The zero-order valence-electron chi connectivity index (χ0n) is 14.8. The molecule has 0 saturated heterocycles. The first-order valence-corrected chi connectivity index (χ1v) is 9.46. The maximum atomic E-state index is 12.3. The Hall–Kier alpha value is -3.04. The van der Waals surface area contributed by atoms with Gasteiger partial charge >= 0.3 is 0 Å². The number of aryl methyl sites for hydroxylation is 2. The summed E-state index contributed by atoms with van der Waals surface area (Å²) in [5, 5.41) is 19.0. The highest BCUT2D eigenvalue weighted by atomic mass is 35.5. The van der Waals surface area contributed by atoms with Crippen LogP contribution in [0.5, 0.6) is 5.88 Å². The number of aromatic amines is 2. The molecule has 10 heteroatoms. The van der Waals surface area contributed by atoms with Gasteiger partial charge in [-0.3, -0.25) is 9.59 Å². The second kappa shape index (κ2) is 6.84. The third-order valence-corrected chi connectivity index (χ3v) is 5.72. The quantitative estimate of drug-likeness (QED) is 0.431. The number of rotatable bonds is 3. The number of aromatic nitrogens is 3. The monoisotopic (exact) mass is 415 g/mol. The molecule has 142 valence electrons. The Morgan fingerprint density at radius 2 is 2.11 bits per heavy atom. The number of benzene rings is 1. The van der Waals surface area contributed by atoms with Crippen molar-refractivity contribution in [3.05, 3.63) is 49.8 Å². The van der Waals surface area contributed by atoms with Crippen LogP contribution < -0.4 is 5.56 Å². The zero-order chi connectivity index (χ0) is 20.0. The Kier molecular flexibility index (Phi) is 4.48. The SMILES string of the molecule is Cc1sc2nc(CC(=O)N=Nc3c(O)[nH]c4ccc(Cl)cc34)[nH]c(=O)c2c1C. The number of hydrogen-bond acceptors (Lipinski definition) is 6. The van der Waals surface area contributed by atoms with Crippen molar-refractivity contribution in [3.63, 3.8) is 0 Å². The summed E-state index contributed by atoms with van der Waals surface area (Å²) < 4.78 is 0. The second-order valence-corrected chi connectivity index (χ2v) is 7.90. The van der Waals surface area contributed by atoms with Gasteiger partial charge in [0, 0.05) is 15.3 Å². The number of nitrogens with zero attached hydrogens (tertiary/aromatic N) is 3. The highest BCUT2D eigenvalue weighted by Gasteiger charge is 2.15. The van der Waals surface area contributed by atoms with E-state index in [2.05, 4.69) is 25.2 Å². The van der Waals surface area contributed by atoms with Crippen LogP contribution in [0.25, 0.3) is 21.1 Å². The molecule has 0 fully saturated rings. The number of carbonyl (C=O) groups excluding carboxylic acids is 1. The maximum absolute atomic E-state index is 12.3. The molecule has 28 heavy (non-hydrogen) atoms. The van der Waals surface area contributed by atoms with Crippen molar-refractivity contribution >= 4 is 55.7 Å². The van der Waals surface area contributed by atoms with E-state index in [1.165, 1.54) is 11.3 Å². The third kappa shape index (κ3) is 3.19. The van der Waals surface area contributed by atoms with Crippen molar-refractivity contribution in [3.8, 4) is 5.88 Å². The smallest absolute Gasteiger partial charge is 0.272 e. The van der Waals surface area contributed by atoms with Crippen LogP contribution in [-0.2, 0) is 11.2 Å². The number of amides is 1. The molecular formula is C18H14ClN5O3S. The fraction of sp³-hybridized carbons (Fsp3) is 0.167. The van der Waals surface area contributed by atoms with Crippen LogP contribution in [-0.4, -0.2) is 26.0 Å². The molecule has 4 rings (SSSR count). The summed E-state index contributed by atoms with van der Waals surface area (Å²) in [6, 6.07) is 4.96. The Morgan fingerprint density at radius 3 is 2.89 bits per heavy atom. The Labute approximate surface area is 166 Å². The van der Waals surface area contributed by atoms with Crippen LogP contribution in [0.4, 0.5) is 5.69 Å². The second-order valence-electron chi connectivity index (χ2n) is 6.26. The molecule has 0 bridgehead atoms. The number of H-pyrrole nitrogens is 2. The number of fused-ring (bicyclic) bond motifs is 2. The first-order valence-electron chi connectivity index (χ1n) is 8.27. The molecule has 0 saturated carbocycles. The Balaban J connectivity index is 1.62. The molecule has 0 atom stereocenters. The summed E-state index contributed by atoms with van der Waals surface area (Å²) in [6.45, 7) is 3.78. The lowest BCUT2D eigenvalue weighted by Gasteiger charge is -1.98. The van der Waals surface area contributed by atoms with Crippen molar-refractivity contribution in [1.29, 1.82) is 0 Å². The van der Waals surface area contributed by atoms with Crippen LogP contribution in [0, 0.1) is 13.8 Å². The Bertz CT molecular complexity index is 1330. The third-order valence-electron chi connectivity index (χ3n) is 4.38. The highest BCUT2D eigenvalue weighted by molar-refractivity contribution is 7.18. The van der Waals surface area contributed by atoms with Crippen LogP contribution in [0.3, 0.4) is 0 Å². The molecule has 1 aromatic carbocycles. The molecular weight excluding hydrogens is 402 g/mol. The van der Waals surface area contributed by atoms with Crippen molar-refractivity contribution in [1.82, 2.24) is 15.0 Å². The summed E-state index contributed by atoms with van der Waals surface area (Å²) in [5.74, 6) is -0.608. The fourth-order valence-corrected chi connectivity index (χ4v) is 4.13. The van der Waals surface area contributed by atoms with E-state index in [1.807, 2.05) is 13.8 Å². The molecule has 4 aromatic rings. The minimum Gasteiger partial charge on any atom is -0.493 e. The topological polar surface area (TPSA) is 124 Å². The standard InChI is InChI=1S/C18H14ClN5O3S/c1-7-8(2)28-18-14(7)16(26)21-12(22-18)6-13(25)23-24-15-10-5-9(19)3-4-11(10)20-17(15)27/h3-5,20,27H,6H2,1-2H3,(H,21,22,26). The molecule has 0 unspecified atom stereocenters. The van der Waals surface area contributed by atoms with E-state index in [4.69, 9.17) is 11.6 Å². The van der Waals surface area contributed by atoms with E-state index in [0.29, 0.717) is 26.1 Å². The first-order chi connectivity index (χ1) is 13.3. The van der Waals surface area contributed by atoms with Gasteiger partial charge in [0.05, 0.1) is 17.3 Å². The van der Waals surface area contributed by atoms with E-state index >= 15 is 0 Å². The Morgan fingerprint density at radius 1 is 1.32 bits per heavy atom. The lowest BCUT2D eigenvalue weighted by Crippen LogP contribution is -2.13. The number of thiophene rings is 1.